The number of carbonyl (C=O) groups is 2. The van der Waals surface area contributed by atoms with Gasteiger partial charge in [-0.15, -0.1) is 0 Å². The van der Waals surface area contributed by atoms with Crippen LogP contribution >= 0.6 is 0 Å². The first-order chi connectivity index (χ1) is 18.9. The monoisotopic (exact) mass is 559 g/mol. The van der Waals surface area contributed by atoms with Gasteiger partial charge in [-0.05, 0) is 50.7 Å². The normalized spacial score (nSPS) is 17.7. The van der Waals surface area contributed by atoms with Crippen molar-refractivity contribution in [2.75, 3.05) is 37.4 Å². The van der Waals surface area contributed by atoms with E-state index in [2.05, 4.69) is 20.5 Å². The van der Waals surface area contributed by atoms with Crippen LogP contribution in [0.2, 0.25) is 0 Å². The maximum atomic E-state index is 15.6. The highest BCUT2D eigenvalue weighted by molar-refractivity contribution is 6.07. The zero-order valence-electron chi connectivity index (χ0n) is 22.3. The number of benzene rings is 2. The summed E-state index contributed by atoms with van der Waals surface area (Å²) in [6, 6.07) is 6.90. The molecule has 12 heteroatoms. The number of H-pyrrole nitrogens is 1. The molecule has 40 heavy (non-hydrogen) atoms. The molecule has 2 atom stereocenters. The molecule has 0 bridgehead atoms. The zero-order chi connectivity index (χ0) is 29.3. The van der Waals surface area contributed by atoms with Crippen LogP contribution in [0.15, 0.2) is 47.4 Å². The second-order valence-electron chi connectivity index (χ2n) is 9.81. The number of amides is 2. The van der Waals surface area contributed by atoms with Crippen molar-refractivity contribution in [2.24, 2.45) is 0 Å². The predicted molar refractivity (Wildman–Crippen MR) is 144 cm³/mol. The molecule has 0 spiro atoms. The Labute approximate surface area is 228 Å². The molecule has 0 saturated carbocycles. The molecule has 0 aliphatic carbocycles. The third-order valence-corrected chi connectivity index (χ3v) is 7.22. The Balaban J connectivity index is 1.82. The maximum Gasteiger partial charge on any atom is 0.264 e. The highest BCUT2D eigenvalue weighted by atomic mass is 19.3. The Morgan fingerprint density at radius 3 is 2.25 bits per heavy atom. The molecule has 2 unspecified atom stereocenters. The van der Waals surface area contributed by atoms with E-state index in [1.807, 2.05) is 25.8 Å². The summed E-state index contributed by atoms with van der Waals surface area (Å²) in [5.74, 6) is -3.18. The molecule has 1 aliphatic rings. The van der Waals surface area contributed by atoms with Crippen molar-refractivity contribution >= 4 is 23.2 Å². The van der Waals surface area contributed by atoms with Crippen LogP contribution in [-0.4, -0.2) is 61.0 Å². The van der Waals surface area contributed by atoms with Gasteiger partial charge in [0.1, 0.15) is 11.6 Å². The van der Waals surface area contributed by atoms with Crippen molar-refractivity contribution in [1.29, 1.82) is 0 Å². The number of alkyl halides is 2. The Bertz CT molecular complexity index is 1500. The topological polar surface area (TPSA) is 97.5 Å². The first-order valence-electron chi connectivity index (χ1n) is 12.6. The Kier molecular flexibility index (Phi) is 8.29. The van der Waals surface area contributed by atoms with Gasteiger partial charge >= 0.3 is 0 Å². The first kappa shape index (κ1) is 28.8. The number of hydrogen-bond donors (Lipinski definition) is 3. The van der Waals surface area contributed by atoms with E-state index in [1.165, 1.54) is 31.3 Å². The highest BCUT2D eigenvalue weighted by Gasteiger charge is 2.30. The lowest BCUT2D eigenvalue weighted by molar-refractivity contribution is 0.0958. The van der Waals surface area contributed by atoms with Crippen molar-refractivity contribution in [2.45, 2.75) is 32.4 Å². The van der Waals surface area contributed by atoms with E-state index in [-0.39, 0.29) is 34.5 Å². The van der Waals surface area contributed by atoms with Crippen LogP contribution in [0.3, 0.4) is 0 Å². The molecule has 8 nitrogen and oxygen atoms in total. The van der Waals surface area contributed by atoms with Crippen LogP contribution in [0.5, 0.6) is 0 Å². The summed E-state index contributed by atoms with van der Waals surface area (Å²) >= 11 is 0. The van der Waals surface area contributed by atoms with Crippen molar-refractivity contribution in [3.8, 4) is 11.1 Å². The number of nitrogens with zero attached hydrogens (tertiary/aromatic N) is 2. The van der Waals surface area contributed by atoms with Crippen molar-refractivity contribution < 1.29 is 27.2 Å². The van der Waals surface area contributed by atoms with Gasteiger partial charge in [0.25, 0.3) is 18.2 Å². The summed E-state index contributed by atoms with van der Waals surface area (Å²) in [6.45, 7) is 4.97. The number of rotatable bonds is 6. The Morgan fingerprint density at radius 2 is 1.65 bits per heavy atom. The summed E-state index contributed by atoms with van der Waals surface area (Å²) in [5.41, 5.74) is -1.78. The number of hydrogen-bond acceptors (Lipinski definition) is 5. The van der Waals surface area contributed by atoms with Gasteiger partial charge in [0.2, 0.25) is 5.56 Å². The fourth-order valence-electron chi connectivity index (χ4n) is 4.80. The number of carbonyl (C=O) groups excluding carboxylic acids is 2. The second kappa shape index (κ2) is 11.5. The van der Waals surface area contributed by atoms with Crippen molar-refractivity contribution in [3.05, 3.63) is 81.3 Å². The van der Waals surface area contributed by atoms with Gasteiger partial charge in [-0.2, -0.15) is 0 Å². The Morgan fingerprint density at radius 1 is 0.975 bits per heavy atom. The second-order valence-corrected chi connectivity index (χ2v) is 9.81. The molecule has 2 heterocycles. The SMILES string of the molecule is CNC(=O)c1ccc(-c2cc(NC(=O)c3c[nH]c(=O)cc3C(F)F)c(N3CC(C)N(C)C(C)C3)cc2F)cc1F. The molecular weight excluding hydrogens is 530 g/mol. The number of anilines is 2. The third kappa shape index (κ3) is 5.71. The lowest BCUT2D eigenvalue weighted by Gasteiger charge is -2.44. The van der Waals surface area contributed by atoms with Crippen LogP contribution in [0.1, 0.15) is 46.6 Å². The molecule has 1 fully saturated rings. The number of aromatic amines is 1. The molecule has 2 amide bonds. The van der Waals surface area contributed by atoms with Gasteiger partial charge in [-0.25, -0.2) is 17.6 Å². The fourth-order valence-corrected chi connectivity index (χ4v) is 4.80. The largest absolute Gasteiger partial charge is 0.367 e. The van der Waals surface area contributed by atoms with Crippen molar-refractivity contribution in [1.82, 2.24) is 15.2 Å². The maximum absolute atomic E-state index is 15.6. The van der Waals surface area contributed by atoms with E-state index in [0.717, 1.165) is 12.3 Å². The molecule has 3 N–H and O–H groups in total. The van der Waals surface area contributed by atoms with Gasteiger partial charge in [-0.3, -0.25) is 19.3 Å². The lowest BCUT2D eigenvalue weighted by Crippen LogP contribution is -2.55. The lowest BCUT2D eigenvalue weighted by atomic mass is 9.99. The first-order valence-corrected chi connectivity index (χ1v) is 12.6. The van der Waals surface area contributed by atoms with Gasteiger partial charge in [0.05, 0.1) is 22.5 Å². The molecule has 1 aromatic heterocycles. The van der Waals surface area contributed by atoms with E-state index in [1.54, 1.807) is 0 Å². The van der Waals surface area contributed by atoms with Gasteiger partial charge < -0.3 is 20.5 Å². The van der Waals surface area contributed by atoms with Crippen LogP contribution in [0, 0.1) is 11.6 Å². The quantitative estimate of drug-likeness (QED) is 0.389. The molecule has 4 rings (SSSR count). The van der Waals surface area contributed by atoms with Gasteiger partial charge in [-0.1, -0.05) is 6.07 Å². The molecule has 1 aliphatic heterocycles. The Hall–Kier alpha value is -4.19. The minimum Gasteiger partial charge on any atom is -0.367 e. The minimum absolute atomic E-state index is 0.0750. The summed E-state index contributed by atoms with van der Waals surface area (Å²) in [6.07, 6.45) is -2.19. The fraction of sp³-hybridized carbons (Fsp3) is 0.321. The number of pyridine rings is 1. The van der Waals surface area contributed by atoms with E-state index in [4.69, 9.17) is 0 Å². The zero-order valence-corrected chi connectivity index (χ0v) is 22.3. The van der Waals surface area contributed by atoms with Gasteiger partial charge in [0, 0.05) is 55.6 Å². The summed E-state index contributed by atoms with van der Waals surface area (Å²) < 4.78 is 57.6. The highest BCUT2D eigenvalue weighted by Crippen LogP contribution is 2.37. The van der Waals surface area contributed by atoms with E-state index >= 15 is 4.39 Å². The van der Waals surface area contributed by atoms with Crippen LogP contribution in [0.4, 0.5) is 28.9 Å². The third-order valence-electron chi connectivity index (χ3n) is 7.22. The predicted octanol–water partition coefficient (Wildman–Crippen LogP) is 4.40. The van der Waals surface area contributed by atoms with E-state index < -0.39 is 46.6 Å². The molecule has 212 valence electrons. The smallest absolute Gasteiger partial charge is 0.264 e. The number of likely N-dealkylation sites (N-methyl/N-ethyl adjacent to an activating group) is 1. The average molecular weight is 560 g/mol. The number of halogens is 4. The van der Waals surface area contributed by atoms with Crippen molar-refractivity contribution in [3.63, 3.8) is 0 Å². The summed E-state index contributed by atoms with van der Waals surface area (Å²) in [7, 11) is 3.32. The summed E-state index contributed by atoms with van der Waals surface area (Å²) in [5, 5.41) is 4.92. The van der Waals surface area contributed by atoms with Crippen LogP contribution in [0.25, 0.3) is 11.1 Å². The molecule has 0 radical (unpaired) electrons. The average Bonchev–Trinajstić information content (AvgIpc) is 2.91. The number of aromatic nitrogens is 1. The van der Waals surface area contributed by atoms with Crippen LogP contribution in [-0.2, 0) is 0 Å². The summed E-state index contributed by atoms with van der Waals surface area (Å²) in [4.78, 5) is 43.0. The van der Waals surface area contributed by atoms with Crippen LogP contribution < -0.4 is 21.1 Å². The van der Waals surface area contributed by atoms with Gasteiger partial charge in [0.15, 0.2) is 0 Å². The molecule has 2 aromatic carbocycles. The molecular formula is C28H29F4N5O3. The molecule has 1 saturated heterocycles. The number of piperazine rings is 1. The standard InChI is InChI=1S/C28H29F4N5O3/c1-14-12-37(13-15(2)36(14)4)24-10-22(30)18(16-5-6-17(21(29)7-16)27(39)33-3)8-23(24)35-28(40)20-11-34-25(38)9-19(20)26(31)32/h5-11,14-15,26H,12-13H2,1-4H3,(H,33,39)(H,34,38)(H,35,40). The minimum atomic E-state index is -3.09. The number of nitrogens with one attached hydrogen (secondary N) is 3. The van der Waals surface area contributed by atoms with E-state index in [9.17, 15) is 27.6 Å². The molecule has 3 aromatic rings. The van der Waals surface area contributed by atoms with E-state index in [0.29, 0.717) is 24.8 Å².